The number of aliphatic hydroxyl groups is 1. The van der Waals surface area contributed by atoms with E-state index >= 15 is 0 Å². The number of aryl methyl sites for hydroxylation is 1. The summed E-state index contributed by atoms with van der Waals surface area (Å²) in [6.07, 6.45) is 3.45. The molecular weight excluding hydrogens is 420 g/mol. The minimum absolute atomic E-state index is 0.124. The number of carbonyl (C=O) groups is 1. The summed E-state index contributed by atoms with van der Waals surface area (Å²) < 4.78 is 12.7. The Balaban J connectivity index is 1.81. The molecule has 0 radical (unpaired) electrons. The number of aliphatic carboxylic acids is 1. The van der Waals surface area contributed by atoms with Gasteiger partial charge < -0.3 is 19.7 Å². The predicted octanol–water partition coefficient (Wildman–Crippen LogP) is 4.21. The van der Waals surface area contributed by atoms with Crippen LogP contribution in [-0.4, -0.2) is 40.2 Å². The summed E-state index contributed by atoms with van der Waals surface area (Å²) in [4.78, 5) is 11.0. The zero-order valence-electron chi connectivity index (χ0n) is 19.4. The van der Waals surface area contributed by atoms with Crippen LogP contribution in [0.3, 0.4) is 0 Å². The van der Waals surface area contributed by atoms with E-state index in [0.717, 1.165) is 30.4 Å². The quantitative estimate of drug-likeness (QED) is 0.428. The monoisotopic (exact) mass is 452 g/mol. The molecule has 0 aliphatic carbocycles. The molecule has 3 aromatic rings. The van der Waals surface area contributed by atoms with Crippen LogP contribution in [0.1, 0.15) is 41.3 Å². The molecule has 33 heavy (non-hydrogen) atoms. The Kier molecular flexibility index (Phi) is 8.49. The number of aliphatic hydroxyl groups excluding tert-OH is 1. The van der Waals surface area contributed by atoms with E-state index in [4.69, 9.17) is 14.6 Å². The van der Waals surface area contributed by atoms with Gasteiger partial charge in [0.05, 0.1) is 32.4 Å². The molecule has 176 valence electrons. The highest BCUT2D eigenvalue weighted by molar-refractivity contribution is 5.69. The lowest BCUT2D eigenvalue weighted by molar-refractivity contribution is -0.136. The molecular formula is C26H32N2O5. The van der Waals surface area contributed by atoms with E-state index in [2.05, 4.69) is 17.2 Å². The second kappa shape index (κ2) is 11.5. The Morgan fingerprint density at radius 1 is 1.09 bits per heavy atom. The average molecular weight is 453 g/mol. The van der Waals surface area contributed by atoms with E-state index in [1.54, 1.807) is 31.2 Å². The number of hydrogen-bond donors (Lipinski definition) is 2. The first kappa shape index (κ1) is 24.3. The van der Waals surface area contributed by atoms with Crippen molar-refractivity contribution < 1.29 is 24.5 Å². The highest BCUT2D eigenvalue weighted by atomic mass is 16.5. The third-order valence-corrected chi connectivity index (χ3v) is 5.90. The molecule has 0 aliphatic heterocycles. The van der Waals surface area contributed by atoms with Gasteiger partial charge in [-0.1, -0.05) is 30.3 Å². The number of nitrogens with zero attached hydrogens (tertiary/aromatic N) is 2. The number of hydrogen-bond acceptors (Lipinski definition) is 5. The number of methoxy groups -OCH3 is 2. The summed E-state index contributed by atoms with van der Waals surface area (Å²) in [6.45, 7) is 2.38. The van der Waals surface area contributed by atoms with Crippen molar-refractivity contribution in [3.63, 3.8) is 0 Å². The van der Waals surface area contributed by atoms with Gasteiger partial charge in [-0.2, -0.15) is 5.10 Å². The van der Waals surface area contributed by atoms with Crippen LogP contribution in [0.5, 0.6) is 11.5 Å². The van der Waals surface area contributed by atoms with E-state index in [1.807, 2.05) is 37.3 Å². The van der Waals surface area contributed by atoms with E-state index < -0.39 is 12.1 Å². The smallest absolute Gasteiger partial charge is 0.309 e. The van der Waals surface area contributed by atoms with Crippen molar-refractivity contribution in [3.8, 4) is 11.5 Å². The normalized spacial score (nSPS) is 12.8. The second-order valence-electron chi connectivity index (χ2n) is 8.23. The topological polar surface area (TPSA) is 93.8 Å². The van der Waals surface area contributed by atoms with Crippen molar-refractivity contribution in [2.24, 2.45) is 5.92 Å². The molecule has 3 rings (SSSR count). The molecule has 2 N–H and O–H groups in total. The average Bonchev–Trinajstić information content (AvgIpc) is 3.24. The maximum Gasteiger partial charge on any atom is 0.309 e. The van der Waals surface area contributed by atoms with Crippen molar-refractivity contribution in [1.82, 2.24) is 9.78 Å². The van der Waals surface area contributed by atoms with Crippen LogP contribution in [0.4, 0.5) is 0 Å². The molecule has 0 aliphatic rings. The number of aromatic nitrogens is 2. The summed E-state index contributed by atoms with van der Waals surface area (Å²) in [6, 6.07) is 15.7. The molecule has 7 heteroatoms. The minimum atomic E-state index is -0.918. The Bertz CT molecular complexity index is 1020. The van der Waals surface area contributed by atoms with E-state index in [9.17, 15) is 9.90 Å². The minimum Gasteiger partial charge on any atom is -0.496 e. The first-order chi connectivity index (χ1) is 15.9. The molecule has 1 heterocycles. The lowest BCUT2D eigenvalue weighted by Crippen LogP contribution is -2.20. The Morgan fingerprint density at radius 2 is 1.76 bits per heavy atom. The molecule has 7 nitrogen and oxygen atoms in total. The summed E-state index contributed by atoms with van der Waals surface area (Å²) >= 11 is 0. The Hall–Kier alpha value is -3.32. The molecule has 0 fully saturated rings. The first-order valence-electron chi connectivity index (χ1n) is 11.1. The number of ether oxygens (including phenoxy) is 2. The molecule has 0 unspecified atom stereocenters. The van der Waals surface area contributed by atoms with Gasteiger partial charge in [0, 0.05) is 24.2 Å². The zero-order valence-corrected chi connectivity index (χ0v) is 19.4. The maximum atomic E-state index is 11.4. The standard InChI is InChI=1S/C26H32N2O5/c1-18-23(32-2)14-21(15-24(18)33-3)26(31)20(11-7-10-19-8-5-4-6-9-19)17-28-13-12-22(27-28)16-25(29)30/h4-6,8-9,12-15,20,26,31H,7,10-11,16-17H2,1-3H3,(H,29,30)/t20-,26-/m0/s1. The van der Waals surface area contributed by atoms with Gasteiger partial charge in [0.1, 0.15) is 11.5 Å². The molecule has 0 bridgehead atoms. The fraction of sp³-hybridized carbons (Fsp3) is 0.385. The lowest BCUT2D eigenvalue weighted by atomic mass is 9.89. The van der Waals surface area contributed by atoms with Gasteiger partial charge in [0.15, 0.2) is 0 Å². The van der Waals surface area contributed by atoms with Crippen molar-refractivity contribution >= 4 is 5.97 Å². The summed E-state index contributed by atoms with van der Waals surface area (Å²) in [5, 5.41) is 24.8. The molecule has 0 saturated carbocycles. The van der Waals surface area contributed by atoms with E-state index in [-0.39, 0.29) is 12.3 Å². The van der Waals surface area contributed by atoms with Crippen LogP contribution < -0.4 is 9.47 Å². The molecule has 1 aromatic heterocycles. The summed E-state index contributed by atoms with van der Waals surface area (Å²) in [5.41, 5.74) is 3.35. The second-order valence-corrected chi connectivity index (χ2v) is 8.23. The van der Waals surface area contributed by atoms with E-state index in [0.29, 0.717) is 23.7 Å². The third-order valence-electron chi connectivity index (χ3n) is 5.90. The highest BCUT2D eigenvalue weighted by Crippen LogP contribution is 2.36. The van der Waals surface area contributed by atoms with Crippen LogP contribution in [0.2, 0.25) is 0 Å². The SMILES string of the molecule is COc1cc([C@@H](O)[C@@H](CCCc2ccccc2)Cn2ccc(CC(=O)O)n2)cc(OC)c1C. The molecule has 2 atom stereocenters. The Morgan fingerprint density at radius 3 is 2.36 bits per heavy atom. The van der Waals surface area contributed by atoms with Crippen molar-refractivity contribution in [3.05, 3.63) is 77.1 Å². The van der Waals surface area contributed by atoms with Gasteiger partial charge in [-0.05, 0) is 55.5 Å². The maximum absolute atomic E-state index is 11.4. The molecule has 0 amide bonds. The van der Waals surface area contributed by atoms with Gasteiger partial charge in [-0.3, -0.25) is 9.48 Å². The number of rotatable bonds is 12. The van der Waals surface area contributed by atoms with Crippen molar-refractivity contribution in [1.29, 1.82) is 0 Å². The fourth-order valence-electron chi connectivity index (χ4n) is 4.11. The van der Waals surface area contributed by atoms with Crippen molar-refractivity contribution in [2.75, 3.05) is 14.2 Å². The third kappa shape index (κ3) is 6.58. The lowest BCUT2D eigenvalue weighted by Gasteiger charge is -2.25. The van der Waals surface area contributed by atoms with Gasteiger partial charge in [-0.15, -0.1) is 0 Å². The molecule has 2 aromatic carbocycles. The fourth-order valence-corrected chi connectivity index (χ4v) is 4.11. The molecule has 0 spiro atoms. The summed E-state index contributed by atoms with van der Waals surface area (Å²) in [7, 11) is 3.20. The van der Waals surface area contributed by atoms with Crippen LogP contribution in [-0.2, 0) is 24.2 Å². The zero-order chi connectivity index (χ0) is 23.8. The Labute approximate surface area is 194 Å². The largest absolute Gasteiger partial charge is 0.496 e. The van der Waals surface area contributed by atoms with Crippen molar-refractivity contribution in [2.45, 2.75) is 45.3 Å². The van der Waals surface area contributed by atoms with Crippen LogP contribution in [0.15, 0.2) is 54.7 Å². The van der Waals surface area contributed by atoms with Gasteiger partial charge >= 0.3 is 5.97 Å². The van der Waals surface area contributed by atoms with Crippen LogP contribution in [0.25, 0.3) is 0 Å². The predicted molar refractivity (Wildman–Crippen MR) is 126 cm³/mol. The van der Waals surface area contributed by atoms with Gasteiger partial charge in [0.2, 0.25) is 0 Å². The van der Waals surface area contributed by atoms with Gasteiger partial charge in [-0.25, -0.2) is 0 Å². The summed E-state index contributed by atoms with van der Waals surface area (Å²) in [5.74, 6) is 0.269. The first-order valence-corrected chi connectivity index (χ1v) is 11.1. The highest BCUT2D eigenvalue weighted by Gasteiger charge is 2.24. The van der Waals surface area contributed by atoms with Crippen LogP contribution >= 0.6 is 0 Å². The molecule has 0 saturated heterocycles. The number of benzene rings is 2. The number of carboxylic acid groups (broad SMARTS) is 1. The van der Waals surface area contributed by atoms with Crippen LogP contribution in [0, 0.1) is 12.8 Å². The number of carboxylic acids is 1. The van der Waals surface area contributed by atoms with E-state index in [1.165, 1.54) is 5.56 Å². The van der Waals surface area contributed by atoms with Gasteiger partial charge in [0.25, 0.3) is 0 Å².